The van der Waals surface area contributed by atoms with E-state index in [0.29, 0.717) is 12.1 Å². The molecule has 0 spiro atoms. The molecule has 1 saturated carbocycles. The molecule has 0 aromatic carbocycles. The lowest BCUT2D eigenvalue weighted by Crippen LogP contribution is -2.26. The van der Waals surface area contributed by atoms with Crippen molar-refractivity contribution < 1.29 is 4.74 Å². The van der Waals surface area contributed by atoms with Crippen LogP contribution in [0.4, 0.5) is 0 Å². The molecule has 4 heteroatoms. The van der Waals surface area contributed by atoms with Gasteiger partial charge in [0.2, 0.25) is 0 Å². The fraction of sp³-hybridized carbons (Fsp3) is 0.692. The van der Waals surface area contributed by atoms with Gasteiger partial charge in [-0.05, 0) is 45.2 Å². The summed E-state index contributed by atoms with van der Waals surface area (Å²) in [5.74, 6) is 0. The second-order valence-electron chi connectivity index (χ2n) is 4.63. The number of ether oxygens (including phenoxy) is 1. The van der Waals surface area contributed by atoms with Gasteiger partial charge in [-0.3, -0.25) is 0 Å². The molecular formula is C13H21N3O. The first-order valence-corrected chi connectivity index (χ1v) is 6.50. The number of hydrogen-bond donors (Lipinski definition) is 1. The van der Waals surface area contributed by atoms with Crippen LogP contribution in [-0.2, 0) is 6.54 Å². The number of nitrogens with one attached hydrogen (secondary N) is 1. The lowest BCUT2D eigenvalue weighted by molar-refractivity contribution is 0.108. The van der Waals surface area contributed by atoms with Gasteiger partial charge in [0.25, 0.3) is 0 Å². The van der Waals surface area contributed by atoms with E-state index in [1.54, 1.807) is 0 Å². The zero-order valence-electron chi connectivity index (χ0n) is 10.7. The number of rotatable bonds is 6. The maximum Gasteiger partial charge on any atom is 0.317 e. The number of nitrogens with zero attached hydrogens (tertiary/aromatic N) is 2. The van der Waals surface area contributed by atoms with Crippen LogP contribution in [0.2, 0.25) is 0 Å². The third kappa shape index (κ3) is 3.66. The van der Waals surface area contributed by atoms with Crippen molar-refractivity contribution in [3.8, 4) is 6.01 Å². The third-order valence-corrected chi connectivity index (χ3v) is 2.94. The van der Waals surface area contributed by atoms with E-state index in [1.165, 1.54) is 6.42 Å². The number of hydrogen-bond acceptors (Lipinski definition) is 4. The lowest BCUT2D eigenvalue weighted by atomic mass is 9.96. The first-order chi connectivity index (χ1) is 8.28. The first-order valence-electron chi connectivity index (χ1n) is 6.50. The molecule has 1 aliphatic carbocycles. The fourth-order valence-electron chi connectivity index (χ4n) is 1.78. The number of aryl methyl sites for hydroxylation is 1. The second kappa shape index (κ2) is 5.96. The van der Waals surface area contributed by atoms with E-state index in [9.17, 15) is 0 Å². The fourth-order valence-corrected chi connectivity index (χ4v) is 1.78. The first kappa shape index (κ1) is 12.3. The molecule has 94 valence electrons. The van der Waals surface area contributed by atoms with E-state index in [4.69, 9.17) is 4.74 Å². The Morgan fingerprint density at radius 2 is 2.24 bits per heavy atom. The minimum atomic E-state index is 0.341. The van der Waals surface area contributed by atoms with Gasteiger partial charge in [-0.1, -0.05) is 6.92 Å². The third-order valence-electron chi connectivity index (χ3n) is 2.94. The molecule has 17 heavy (non-hydrogen) atoms. The summed E-state index contributed by atoms with van der Waals surface area (Å²) in [6.45, 7) is 5.95. The average molecular weight is 235 g/mol. The van der Waals surface area contributed by atoms with Gasteiger partial charge in [0.15, 0.2) is 0 Å². The molecule has 1 heterocycles. The molecule has 0 amide bonds. The monoisotopic (exact) mass is 235 g/mol. The van der Waals surface area contributed by atoms with Gasteiger partial charge in [-0.2, -0.15) is 4.98 Å². The second-order valence-corrected chi connectivity index (χ2v) is 4.63. The molecule has 0 unspecified atom stereocenters. The highest BCUT2D eigenvalue weighted by molar-refractivity contribution is 5.13. The summed E-state index contributed by atoms with van der Waals surface area (Å²) in [7, 11) is 0. The van der Waals surface area contributed by atoms with E-state index in [0.717, 1.165) is 43.7 Å². The zero-order chi connectivity index (χ0) is 12.1. The molecular weight excluding hydrogens is 214 g/mol. The van der Waals surface area contributed by atoms with Crippen LogP contribution in [0.5, 0.6) is 6.01 Å². The van der Waals surface area contributed by atoms with Crippen molar-refractivity contribution in [3.05, 3.63) is 17.5 Å². The van der Waals surface area contributed by atoms with Crippen LogP contribution in [0, 0.1) is 6.92 Å². The summed E-state index contributed by atoms with van der Waals surface area (Å²) >= 11 is 0. The topological polar surface area (TPSA) is 47.0 Å². The largest absolute Gasteiger partial charge is 0.460 e. The Balaban J connectivity index is 1.95. The van der Waals surface area contributed by atoms with Crippen molar-refractivity contribution in [2.24, 2.45) is 0 Å². The molecule has 1 aliphatic rings. The highest BCUT2D eigenvalue weighted by Crippen LogP contribution is 2.23. The number of aromatic nitrogens is 2. The zero-order valence-corrected chi connectivity index (χ0v) is 10.7. The summed E-state index contributed by atoms with van der Waals surface area (Å²) in [6, 6.07) is 2.55. The van der Waals surface area contributed by atoms with Crippen molar-refractivity contribution >= 4 is 0 Å². The predicted octanol–water partition coefficient (Wildman–Crippen LogP) is 2.22. The molecule has 1 aromatic rings. The average Bonchev–Trinajstić information content (AvgIpc) is 2.23. The lowest BCUT2D eigenvalue weighted by Gasteiger charge is -2.25. The van der Waals surface area contributed by atoms with Crippen LogP contribution in [0.25, 0.3) is 0 Å². The maximum atomic E-state index is 5.73. The molecule has 2 rings (SSSR count). The van der Waals surface area contributed by atoms with Crippen molar-refractivity contribution in [1.29, 1.82) is 0 Å². The van der Waals surface area contributed by atoms with Gasteiger partial charge in [-0.25, -0.2) is 4.98 Å². The van der Waals surface area contributed by atoms with Crippen molar-refractivity contribution in [3.63, 3.8) is 0 Å². The SMILES string of the molecule is CCCNCc1cc(C)nc(OC2CCC2)n1. The van der Waals surface area contributed by atoms with Gasteiger partial charge in [0.1, 0.15) is 6.10 Å². The summed E-state index contributed by atoms with van der Waals surface area (Å²) in [5, 5.41) is 3.34. The van der Waals surface area contributed by atoms with E-state index in [-0.39, 0.29) is 0 Å². The highest BCUT2D eigenvalue weighted by atomic mass is 16.5. The van der Waals surface area contributed by atoms with E-state index >= 15 is 0 Å². The molecule has 1 N–H and O–H groups in total. The molecule has 0 saturated heterocycles. The van der Waals surface area contributed by atoms with Crippen LogP contribution in [0.15, 0.2) is 6.07 Å². The quantitative estimate of drug-likeness (QED) is 0.768. The van der Waals surface area contributed by atoms with Crippen molar-refractivity contribution in [2.45, 2.75) is 52.2 Å². The van der Waals surface area contributed by atoms with Crippen LogP contribution in [0.3, 0.4) is 0 Å². The summed E-state index contributed by atoms with van der Waals surface area (Å²) < 4.78 is 5.73. The van der Waals surface area contributed by atoms with Gasteiger partial charge in [0, 0.05) is 12.2 Å². The Labute approximate surface area is 103 Å². The predicted molar refractivity (Wildman–Crippen MR) is 67.0 cm³/mol. The maximum absolute atomic E-state index is 5.73. The Morgan fingerprint density at radius 3 is 2.88 bits per heavy atom. The minimum absolute atomic E-state index is 0.341. The minimum Gasteiger partial charge on any atom is -0.460 e. The molecule has 4 nitrogen and oxygen atoms in total. The Hall–Kier alpha value is -1.16. The van der Waals surface area contributed by atoms with Gasteiger partial charge < -0.3 is 10.1 Å². The summed E-state index contributed by atoms with van der Waals surface area (Å²) in [5.41, 5.74) is 1.99. The van der Waals surface area contributed by atoms with Gasteiger partial charge >= 0.3 is 6.01 Å². The molecule has 0 atom stereocenters. The standard InChI is InChI=1S/C13H21N3O/c1-3-7-14-9-11-8-10(2)15-13(16-11)17-12-5-4-6-12/h8,12,14H,3-7,9H2,1-2H3. The molecule has 1 aromatic heterocycles. The summed E-state index contributed by atoms with van der Waals surface area (Å²) in [6.07, 6.45) is 5.02. The molecule has 0 bridgehead atoms. The van der Waals surface area contributed by atoms with Gasteiger partial charge in [-0.15, -0.1) is 0 Å². The van der Waals surface area contributed by atoms with E-state index < -0.39 is 0 Å². The van der Waals surface area contributed by atoms with Gasteiger partial charge in [0.05, 0.1) is 5.69 Å². The van der Waals surface area contributed by atoms with Crippen molar-refractivity contribution in [1.82, 2.24) is 15.3 Å². The van der Waals surface area contributed by atoms with Crippen LogP contribution >= 0.6 is 0 Å². The molecule has 1 fully saturated rings. The normalized spacial score (nSPS) is 15.6. The van der Waals surface area contributed by atoms with Crippen molar-refractivity contribution in [2.75, 3.05) is 6.54 Å². The van der Waals surface area contributed by atoms with Crippen LogP contribution in [-0.4, -0.2) is 22.6 Å². The Morgan fingerprint density at radius 1 is 1.41 bits per heavy atom. The molecule has 0 aliphatic heterocycles. The van der Waals surface area contributed by atoms with Crippen LogP contribution < -0.4 is 10.1 Å². The summed E-state index contributed by atoms with van der Waals surface area (Å²) in [4.78, 5) is 8.75. The Bertz CT molecular complexity index is 364. The Kier molecular flexibility index (Phi) is 4.31. The van der Waals surface area contributed by atoms with E-state index in [1.807, 2.05) is 13.0 Å². The molecule has 0 radical (unpaired) electrons. The van der Waals surface area contributed by atoms with E-state index in [2.05, 4.69) is 22.2 Å². The smallest absolute Gasteiger partial charge is 0.317 e. The highest BCUT2D eigenvalue weighted by Gasteiger charge is 2.20. The van der Waals surface area contributed by atoms with Crippen LogP contribution in [0.1, 0.15) is 44.0 Å².